The Bertz CT molecular complexity index is 161. The fraction of sp³-hybridized carbons (Fsp3) is 0.875. The van der Waals surface area contributed by atoms with Gasteiger partial charge in [0.25, 0.3) is 0 Å². The summed E-state index contributed by atoms with van der Waals surface area (Å²) < 4.78 is 0. The number of hydrogen-bond acceptors (Lipinski definition) is 3. The summed E-state index contributed by atoms with van der Waals surface area (Å²) in [6, 6.07) is 0. The normalized spacial score (nSPS) is 28.8. The zero-order valence-electron chi connectivity index (χ0n) is 7.59. The van der Waals surface area contributed by atoms with Gasteiger partial charge in [0.05, 0.1) is 12.5 Å². The molecule has 1 saturated heterocycles. The van der Waals surface area contributed by atoms with Crippen LogP contribution in [-0.2, 0) is 9.63 Å². The summed E-state index contributed by atoms with van der Waals surface area (Å²) in [4.78, 5) is 16.2. The molecule has 2 N–H and O–H groups in total. The summed E-state index contributed by atoms with van der Waals surface area (Å²) in [6.45, 7) is 6.11. The van der Waals surface area contributed by atoms with Crippen molar-refractivity contribution in [3.63, 3.8) is 0 Å². The van der Waals surface area contributed by atoms with Crippen molar-refractivity contribution in [3.05, 3.63) is 0 Å². The molecule has 0 bridgehead atoms. The number of nitrogens with one attached hydrogen (secondary N) is 2. The molecule has 70 valence electrons. The van der Waals surface area contributed by atoms with Crippen LogP contribution in [0.2, 0.25) is 0 Å². The topological polar surface area (TPSA) is 50.4 Å². The van der Waals surface area contributed by atoms with Crippen molar-refractivity contribution in [2.24, 2.45) is 11.8 Å². The van der Waals surface area contributed by atoms with Gasteiger partial charge in [-0.25, -0.2) is 5.48 Å². The van der Waals surface area contributed by atoms with Crippen LogP contribution < -0.4 is 10.8 Å². The molecule has 1 rings (SSSR count). The van der Waals surface area contributed by atoms with Gasteiger partial charge in [0.1, 0.15) is 0 Å². The monoisotopic (exact) mass is 172 g/mol. The average molecular weight is 172 g/mol. The average Bonchev–Trinajstić information content (AvgIpc) is 2.47. The molecule has 12 heavy (non-hydrogen) atoms. The molecule has 1 aliphatic rings. The van der Waals surface area contributed by atoms with Crippen LogP contribution in [0.1, 0.15) is 13.8 Å². The Hall–Kier alpha value is -0.610. The first kappa shape index (κ1) is 9.48. The van der Waals surface area contributed by atoms with Crippen LogP contribution in [0.4, 0.5) is 0 Å². The van der Waals surface area contributed by atoms with Crippen molar-refractivity contribution >= 4 is 5.91 Å². The summed E-state index contributed by atoms with van der Waals surface area (Å²) in [5.74, 6) is 0.469. The molecule has 0 radical (unpaired) electrons. The van der Waals surface area contributed by atoms with E-state index < -0.39 is 0 Å². The van der Waals surface area contributed by atoms with E-state index in [1.165, 1.54) is 0 Å². The summed E-state index contributed by atoms with van der Waals surface area (Å²) in [6.07, 6.45) is 0. The third-order valence-electron chi connectivity index (χ3n) is 2.17. The number of carbonyl (C=O) groups excluding carboxylic acids is 1. The van der Waals surface area contributed by atoms with Gasteiger partial charge in [-0.15, -0.1) is 0 Å². The Balaban J connectivity index is 2.30. The first-order valence-corrected chi connectivity index (χ1v) is 4.38. The summed E-state index contributed by atoms with van der Waals surface area (Å²) in [5, 5.41) is 3.16. The highest BCUT2D eigenvalue weighted by Gasteiger charge is 2.29. The standard InChI is InChI=1S/C8H16N2O2/c1-3-12-10-8(11)7-5-9-4-6(7)2/h6-7,9H,3-5H2,1-2H3,(H,10,11). The van der Waals surface area contributed by atoms with Crippen LogP contribution in [0.5, 0.6) is 0 Å². The minimum absolute atomic E-state index is 0.00523. The van der Waals surface area contributed by atoms with Gasteiger partial charge in [0.15, 0.2) is 0 Å². The van der Waals surface area contributed by atoms with Crippen molar-refractivity contribution in [1.82, 2.24) is 10.8 Å². The molecule has 0 spiro atoms. The number of hydrogen-bond donors (Lipinski definition) is 2. The predicted octanol–water partition coefficient (Wildman–Crippen LogP) is -0.0904. The molecule has 1 heterocycles. The van der Waals surface area contributed by atoms with Crippen LogP contribution in [-0.4, -0.2) is 25.6 Å². The second kappa shape index (κ2) is 4.42. The molecule has 1 amide bonds. The number of rotatable bonds is 3. The second-order valence-electron chi connectivity index (χ2n) is 3.14. The minimum Gasteiger partial charge on any atom is -0.316 e. The predicted molar refractivity (Wildman–Crippen MR) is 45.3 cm³/mol. The highest BCUT2D eigenvalue weighted by Crippen LogP contribution is 2.15. The molecule has 1 fully saturated rings. The third kappa shape index (κ3) is 2.19. The van der Waals surface area contributed by atoms with Gasteiger partial charge in [0, 0.05) is 6.54 Å². The van der Waals surface area contributed by atoms with Crippen molar-refractivity contribution in [1.29, 1.82) is 0 Å². The van der Waals surface area contributed by atoms with Crippen molar-refractivity contribution in [2.45, 2.75) is 13.8 Å². The van der Waals surface area contributed by atoms with Gasteiger partial charge in [-0.2, -0.15) is 0 Å². The highest BCUT2D eigenvalue weighted by molar-refractivity contribution is 5.78. The van der Waals surface area contributed by atoms with Gasteiger partial charge in [-0.05, 0) is 19.4 Å². The molecule has 0 aromatic heterocycles. The van der Waals surface area contributed by atoms with E-state index in [-0.39, 0.29) is 11.8 Å². The molecule has 2 atom stereocenters. The van der Waals surface area contributed by atoms with Gasteiger partial charge >= 0.3 is 0 Å². The summed E-state index contributed by atoms with van der Waals surface area (Å²) >= 11 is 0. The zero-order chi connectivity index (χ0) is 8.97. The first-order chi connectivity index (χ1) is 5.75. The van der Waals surface area contributed by atoms with Gasteiger partial charge in [0.2, 0.25) is 5.91 Å². The third-order valence-corrected chi connectivity index (χ3v) is 2.17. The molecule has 0 saturated carbocycles. The molecular weight excluding hydrogens is 156 g/mol. The van der Waals surface area contributed by atoms with Crippen LogP contribution in [0, 0.1) is 11.8 Å². The Morgan fingerprint density at radius 1 is 1.67 bits per heavy atom. The second-order valence-corrected chi connectivity index (χ2v) is 3.14. The smallest absolute Gasteiger partial charge is 0.248 e. The highest BCUT2D eigenvalue weighted by atomic mass is 16.6. The molecule has 2 unspecified atom stereocenters. The van der Waals surface area contributed by atoms with Crippen LogP contribution in [0.25, 0.3) is 0 Å². The number of carbonyl (C=O) groups is 1. The first-order valence-electron chi connectivity index (χ1n) is 4.38. The lowest BCUT2D eigenvalue weighted by molar-refractivity contribution is -0.137. The van der Waals surface area contributed by atoms with Crippen LogP contribution in [0.15, 0.2) is 0 Å². The maximum absolute atomic E-state index is 11.3. The largest absolute Gasteiger partial charge is 0.316 e. The van der Waals surface area contributed by atoms with Gasteiger partial charge in [-0.1, -0.05) is 6.92 Å². The van der Waals surface area contributed by atoms with Crippen molar-refractivity contribution < 1.29 is 9.63 Å². The molecule has 1 aliphatic heterocycles. The zero-order valence-corrected chi connectivity index (χ0v) is 7.59. The maximum Gasteiger partial charge on any atom is 0.248 e. The number of hydroxylamine groups is 1. The fourth-order valence-corrected chi connectivity index (χ4v) is 1.38. The molecule has 4 nitrogen and oxygen atoms in total. The molecule has 0 aromatic rings. The quantitative estimate of drug-likeness (QED) is 0.585. The van der Waals surface area contributed by atoms with E-state index in [1.54, 1.807) is 0 Å². The Morgan fingerprint density at radius 2 is 2.42 bits per heavy atom. The lowest BCUT2D eigenvalue weighted by Gasteiger charge is -2.12. The SMILES string of the molecule is CCONC(=O)C1CNCC1C. The van der Waals surface area contributed by atoms with E-state index in [2.05, 4.69) is 17.7 Å². The van der Waals surface area contributed by atoms with E-state index in [0.29, 0.717) is 12.5 Å². The Labute approximate surface area is 72.6 Å². The summed E-state index contributed by atoms with van der Waals surface area (Å²) in [5.41, 5.74) is 2.43. The van der Waals surface area contributed by atoms with E-state index >= 15 is 0 Å². The molecule has 4 heteroatoms. The minimum atomic E-state index is -0.00523. The van der Waals surface area contributed by atoms with Crippen LogP contribution in [0.3, 0.4) is 0 Å². The Morgan fingerprint density at radius 3 is 2.92 bits per heavy atom. The maximum atomic E-state index is 11.3. The lowest BCUT2D eigenvalue weighted by atomic mass is 9.98. The lowest BCUT2D eigenvalue weighted by Crippen LogP contribution is -2.34. The number of amides is 1. The van der Waals surface area contributed by atoms with E-state index in [0.717, 1.165) is 13.1 Å². The fourth-order valence-electron chi connectivity index (χ4n) is 1.38. The van der Waals surface area contributed by atoms with E-state index in [9.17, 15) is 4.79 Å². The Kier molecular flexibility index (Phi) is 3.49. The van der Waals surface area contributed by atoms with Gasteiger partial charge < -0.3 is 5.32 Å². The summed E-state index contributed by atoms with van der Waals surface area (Å²) in [7, 11) is 0. The molecular formula is C8H16N2O2. The van der Waals surface area contributed by atoms with Crippen molar-refractivity contribution in [3.8, 4) is 0 Å². The van der Waals surface area contributed by atoms with Crippen LogP contribution >= 0.6 is 0 Å². The van der Waals surface area contributed by atoms with Crippen molar-refractivity contribution in [2.75, 3.05) is 19.7 Å². The van der Waals surface area contributed by atoms with Gasteiger partial charge in [-0.3, -0.25) is 9.63 Å². The molecule has 0 aliphatic carbocycles. The molecule has 0 aromatic carbocycles. The van der Waals surface area contributed by atoms with E-state index in [4.69, 9.17) is 4.84 Å². The van der Waals surface area contributed by atoms with E-state index in [1.807, 2.05) is 6.92 Å².